The first-order chi connectivity index (χ1) is 8.79. The van der Waals surface area contributed by atoms with E-state index < -0.39 is 0 Å². The van der Waals surface area contributed by atoms with Gasteiger partial charge in [0.1, 0.15) is 0 Å². The van der Waals surface area contributed by atoms with Gasteiger partial charge in [0.15, 0.2) is 5.12 Å². The monoisotopic (exact) mass is 265 g/mol. The number of rotatable bonds is 4. The minimum atomic E-state index is 0.226. The Labute approximate surface area is 113 Å². The molecule has 0 unspecified atom stereocenters. The molecule has 3 nitrogen and oxygen atoms in total. The molecular formula is C14H19NO2S. The van der Waals surface area contributed by atoms with Crippen LogP contribution in [-0.2, 0) is 22.5 Å². The Balaban J connectivity index is 2.04. The minimum absolute atomic E-state index is 0.226. The van der Waals surface area contributed by atoms with Crippen LogP contribution in [0.4, 0.5) is 0 Å². The molecule has 98 valence electrons. The fourth-order valence-electron chi connectivity index (χ4n) is 2.11. The second kappa shape index (κ2) is 6.92. The lowest BCUT2D eigenvalue weighted by atomic mass is 10.0. The van der Waals surface area contributed by atoms with E-state index in [4.69, 9.17) is 4.74 Å². The number of hydrogen-bond donors (Lipinski definition) is 0. The van der Waals surface area contributed by atoms with Crippen LogP contribution in [0.3, 0.4) is 0 Å². The summed E-state index contributed by atoms with van der Waals surface area (Å²) in [6.07, 6.45) is 2.37. The van der Waals surface area contributed by atoms with Crippen LogP contribution >= 0.6 is 11.8 Å². The molecule has 18 heavy (non-hydrogen) atoms. The molecule has 0 radical (unpaired) electrons. The zero-order chi connectivity index (χ0) is 12.8. The quantitative estimate of drug-likeness (QED) is 0.832. The minimum Gasteiger partial charge on any atom is -0.379 e. The fourth-order valence-corrected chi connectivity index (χ4v) is 2.41. The molecule has 0 saturated carbocycles. The van der Waals surface area contributed by atoms with Crippen molar-refractivity contribution in [2.75, 3.05) is 32.6 Å². The molecule has 0 spiro atoms. The molecule has 0 amide bonds. The van der Waals surface area contributed by atoms with Crippen molar-refractivity contribution in [3.05, 3.63) is 35.4 Å². The lowest BCUT2D eigenvalue weighted by Crippen LogP contribution is -2.35. The second-order valence-electron chi connectivity index (χ2n) is 4.41. The molecule has 1 fully saturated rings. The van der Waals surface area contributed by atoms with Gasteiger partial charge in [-0.3, -0.25) is 9.69 Å². The predicted octanol–water partition coefficient (Wildman–Crippen LogP) is 1.95. The van der Waals surface area contributed by atoms with Crippen molar-refractivity contribution >= 4 is 16.9 Å². The summed E-state index contributed by atoms with van der Waals surface area (Å²) in [7, 11) is 0. The number of benzene rings is 1. The topological polar surface area (TPSA) is 29.5 Å². The van der Waals surface area contributed by atoms with E-state index in [1.54, 1.807) is 0 Å². The SMILES string of the molecule is CSC(=O)Cc1ccccc1CN1CCOCC1. The van der Waals surface area contributed by atoms with Crippen LogP contribution in [0.25, 0.3) is 0 Å². The third kappa shape index (κ3) is 3.83. The van der Waals surface area contributed by atoms with Crippen LogP contribution in [-0.4, -0.2) is 42.6 Å². The number of morpholine rings is 1. The van der Waals surface area contributed by atoms with Crippen molar-refractivity contribution < 1.29 is 9.53 Å². The molecule has 1 aliphatic heterocycles. The van der Waals surface area contributed by atoms with E-state index >= 15 is 0 Å². The Morgan fingerprint density at radius 1 is 1.28 bits per heavy atom. The van der Waals surface area contributed by atoms with Crippen molar-refractivity contribution in [3.63, 3.8) is 0 Å². The van der Waals surface area contributed by atoms with Gasteiger partial charge in [0, 0.05) is 26.1 Å². The molecule has 1 heterocycles. The van der Waals surface area contributed by atoms with Crippen LogP contribution in [0.5, 0.6) is 0 Å². The van der Waals surface area contributed by atoms with E-state index in [1.165, 1.54) is 17.3 Å². The summed E-state index contributed by atoms with van der Waals surface area (Å²) >= 11 is 1.30. The van der Waals surface area contributed by atoms with Crippen molar-refractivity contribution in [1.82, 2.24) is 4.90 Å². The lowest BCUT2D eigenvalue weighted by molar-refractivity contribution is -0.110. The van der Waals surface area contributed by atoms with Gasteiger partial charge < -0.3 is 4.74 Å². The first-order valence-corrected chi connectivity index (χ1v) is 7.46. The van der Waals surface area contributed by atoms with Gasteiger partial charge in [-0.1, -0.05) is 36.0 Å². The third-order valence-electron chi connectivity index (χ3n) is 3.18. The average molecular weight is 265 g/mol. The van der Waals surface area contributed by atoms with Crippen molar-refractivity contribution in [2.45, 2.75) is 13.0 Å². The first kappa shape index (κ1) is 13.6. The maximum absolute atomic E-state index is 11.6. The molecule has 0 bridgehead atoms. The van der Waals surface area contributed by atoms with E-state index in [0.717, 1.165) is 38.4 Å². The van der Waals surface area contributed by atoms with Gasteiger partial charge in [0.25, 0.3) is 0 Å². The number of hydrogen-bond acceptors (Lipinski definition) is 4. The summed E-state index contributed by atoms with van der Waals surface area (Å²) in [6, 6.07) is 8.23. The van der Waals surface area contributed by atoms with Gasteiger partial charge in [0.2, 0.25) is 0 Å². The number of ether oxygens (including phenoxy) is 1. The smallest absolute Gasteiger partial charge is 0.193 e. The normalized spacial score (nSPS) is 16.7. The zero-order valence-electron chi connectivity index (χ0n) is 10.7. The predicted molar refractivity (Wildman–Crippen MR) is 74.8 cm³/mol. The lowest BCUT2D eigenvalue weighted by Gasteiger charge is -2.27. The Bertz CT molecular complexity index is 403. The zero-order valence-corrected chi connectivity index (χ0v) is 11.5. The van der Waals surface area contributed by atoms with E-state index in [2.05, 4.69) is 17.0 Å². The van der Waals surface area contributed by atoms with E-state index in [9.17, 15) is 4.79 Å². The largest absolute Gasteiger partial charge is 0.379 e. The Morgan fingerprint density at radius 2 is 1.94 bits per heavy atom. The standard InChI is InChI=1S/C14H19NO2S/c1-18-14(16)10-12-4-2-3-5-13(12)11-15-6-8-17-9-7-15/h2-5H,6-11H2,1H3. The van der Waals surface area contributed by atoms with Gasteiger partial charge >= 0.3 is 0 Å². The van der Waals surface area contributed by atoms with Crippen molar-refractivity contribution in [1.29, 1.82) is 0 Å². The highest BCUT2D eigenvalue weighted by Gasteiger charge is 2.13. The second-order valence-corrected chi connectivity index (χ2v) is 5.27. The molecule has 0 atom stereocenters. The first-order valence-electron chi connectivity index (χ1n) is 6.23. The van der Waals surface area contributed by atoms with Crippen LogP contribution in [0.1, 0.15) is 11.1 Å². The number of carbonyl (C=O) groups excluding carboxylic acids is 1. The Morgan fingerprint density at radius 3 is 2.61 bits per heavy atom. The summed E-state index contributed by atoms with van der Waals surface area (Å²) in [6.45, 7) is 4.49. The number of carbonyl (C=O) groups is 1. The molecule has 4 heteroatoms. The molecule has 1 aliphatic rings. The summed E-state index contributed by atoms with van der Waals surface area (Å²) in [5, 5.41) is 0.226. The molecule has 1 aromatic carbocycles. The Kier molecular flexibility index (Phi) is 5.23. The summed E-state index contributed by atoms with van der Waals surface area (Å²) in [5.74, 6) is 0. The highest BCUT2D eigenvalue weighted by atomic mass is 32.2. The van der Waals surface area contributed by atoms with Crippen LogP contribution < -0.4 is 0 Å². The van der Waals surface area contributed by atoms with Gasteiger partial charge in [-0.05, 0) is 17.4 Å². The van der Waals surface area contributed by atoms with Gasteiger partial charge in [-0.2, -0.15) is 0 Å². The molecule has 0 aromatic heterocycles. The molecular weight excluding hydrogens is 246 g/mol. The van der Waals surface area contributed by atoms with Gasteiger partial charge in [0.05, 0.1) is 13.2 Å². The van der Waals surface area contributed by atoms with E-state index in [-0.39, 0.29) is 5.12 Å². The van der Waals surface area contributed by atoms with Gasteiger partial charge in [-0.15, -0.1) is 0 Å². The summed E-state index contributed by atoms with van der Waals surface area (Å²) in [5.41, 5.74) is 2.42. The third-order valence-corrected chi connectivity index (χ3v) is 3.78. The highest BCUT2D eigenvalue weighted by Crippen LogP contribution is 2.15. The summed E-state index contributed by atoms with van der Waals surface area (Å²) in [4.78, 5) is 13.9. The van der Waals surface area contributed by atoms with Gasteiger partial charge in [-0.25, -0.2) is 0 Å². The maximum atomic E-state index is 11.6. The van der Waals surface area contributed by atoms with Crippen molar-refractivity contribution in [2.24, 2.45) is 0 Å². The maximum Gasteiger partial charge on any atom is 0.193 e. The Hall–Kier alpha value is -0.840. The molecule has 1 saturated heterocycles. The van der Waals surface area contributed by atoms with Crippen LogP contribution in [0.2, 0.25) is 0 Å². The molecule has 2 rings (SSSR count). The average Bonchev–Trinajstić information content (AvgIpc) is 2.42. The van der Waals surface area contributed by atoms with E-state index in [0.29, 0.717) is 6.42 Å². The molecule has 0 N–H and O–H groups in total. The number of nitrogens with zero attached hydrogens (tertiary/aromatic N) is 1. The van der Waals surface area contributed by atoms with Crippen LogP contribution in [0.15, 0.2) is 24.3 Å². The summed E-state index contributed by atoms with van der Waals surface area (Å²) < 4.78 is 5.35. The van der Waals surface area contributed by atoms with Crippen molar-refractivity contribution in [3.8, 4) is 0 Å². The molecule has 1 aromatic rings. The van der Waals surface area contributed by atoms with E-state index in [1.807, 2.05) is 18.4 Å². The number of thioether (sulfide) groups is 1. The molecule has 0 aliphatic carbocycles. The van der Waals surface area contributed by atoms with Crippen LogP contribution in [0, 0.1) is 0 Å². The fraction of sp³-hybridized carbons (Fsp3) is 0.500. The highest BCUT2D eigenvalue weighted by molar-refractivity contribution is 8.13.